The highest BCUT2D eigenvalue weighted by Crippen LogP contribution is 2.37. The van der Waals surface area contributed by atoms with Crippen molar-refractivity contribution in [1.82, 2.24) is 9.91 Å². The molecule has 2 aromatic rings. The van der Waals surface area contributed by atoms with E-state index in [4.69, 9.17) is 19.3 Å². The van der Waals surface area contributed by atoms with E-state index in [1.807, 2.05) is 25.1 Å². The van der Waals surface area contributed by atoms with Crippen LogP contribution in [-0.4, -0.2) is 61.5 Å². The fraction of sp³-hybridized carbons (Fsp3) is 0.448. The van der Waals surface area contributed by atoms with E-state index < -0.39 is 0 Å². The van der Waals surface area contributed by atoms with E-state index in [1.165, 1.54) is 5.56 Å². The molecular formula is C29H35N3O4. The highest BCUT2D eigenvalue weighted by atomic mass is 16.5. The molecule has 0 N–H and O–H groups in total. The summed E-state index contributed by atoms with van der Waals surface area (Å²) in [6.45, 7) is 7.42. The SMILES string of the molecule is CCOc1cc(C2=NN(Cc3ccc(CN4CCOCC4)cc3)C(=O)C3CC=CCC23)ccc1OC. The lowest BCUT2D eigenvalue weighted by atomic mass is 9.76. The van der Waals surface area contributed by atoms with Crippen molar-refractivity contribution in [2.24, 2.45) is 16.9 Å². The number of ether oxygens (including phenoxy) is 3. The molecule has 7 nitrogen and oxygen atoms in total. The number of methoxy groups -OCH3 is 1. The first kappa shape index (κ1) is 24.5. The Bertz CT molecular complexity index is 1120. The van der Waals surface area contributed by atoms with Gasteiger partial charge in [-0.15, -0.1) is 0 Å². The molecule has 7 heteroatoms. The summed E-state index contributed by atoms with van der Waals surface area (Å²) in [6, 6.07) is 14.5. The summed E-state index contributed by atoms with van der Waals surface area (Å²) in [4.78, 5) is 15.9. The van der Waals surface area contributed by atoms with Crippen molar-refractivity contribution in [2.75, 3.05) is 40.0 Å². The number of hydrogen-bond donors (Lipinski definition) is 0. The van der Waals surface area contributed by atoms with E-state index in [2.05, 4.69) is 41.3 Å². The van der Waals surface area contributed by atoms with Crippen LogP contribution in [0.25, 0.3) is 0 Å². The van der Waals surface area contributed by atoms with Gasteiger partial charge in [-0.1, -0.05) is 36.4 Å². The Morgan fingerprint density at radius 3 is 2.33 bits per heavy atom. The normalized spacial score (nSPS) is 22.2. The van der Waals surface area contributed by atoms with Crippen LogP contribution in [0.2, 0.25) is 0 Å². The molecule has 0 bridgehead atoms. The molecule has 1 aliphatic carbocycles. The number of amides is 1. The molecule has 0 radical (unpaired) electrons. The zero-order valence-electron chi connectivity index (χ0n) is 21.2. The number of carbonyl (C=O) groups excluding carboxylic acids is 1. The second-order valence-corrected chi connectivity index (χ2v) is 9.54. The summed E-state index contributed by atoms with van der Waals surface area (Å²) >= 11 is 0. The summed E-state index contributed by atoms with van der Waals surface area (Å²) in [7, 11) is 1.64. The third-order valence-electron chi connectivity index (χ3n) is 7.21. The number of allylic oxidation sites excluding steroid dienone is 2. The number of hydrogen-bond acceptors (Lipinski definition) is 6. The van der Waals surface area contributed by atoms with Crippen LogP contribution in [0.5, 0.6) is 11.5 Å². The van der Waals surface area contributed by atoms with Gasteiger partial charge in [-0.25, -0.2) is 5.01 Å². The Hall–Kier alpha value is -3.16. The summed E-state index contributed by atoms with van der Waals surface area (Å²) in [6.07, 6.45) is 5.85. The minimum Gasteiger partial charge on any atom is -0.493 e. The second-order valence-electron chi connectivity index (χ2n) is 9.54. The molecule has 1 fully saturated rings. The Labute approximate surface area is 213 Å². The van der Waals surface area contributed by atoms with E-state index in [9.17, 15) is 4.79 Å². The predicted octanol–water partition coefficient (Wildman–Crippen LogP) is 4.26. The van der Waals surface area contributed by atoms with Crippen LogP contribution < -0.4 is 9.47 Å². The summed E-state index contributed by atoms with van der Waals surface area (Å²) in [5.41, 5.74) is 4.26. The molecule has 3 aliphatic rings. The molecule has 2 atom stereocenters. The van der Waals surface area contributed by atoms with Gasteiger partial charge < -0.3 is 14.2 Å². The minimum absolute atomic E-state index is 0.0671. The van der Waals surface area contributed by atoms with Crippen molar-refractivity contribution < 1.29 is 19.0 Å². The number of morpholine rings is 1. The van der Waals surface area contributed by atoms with Crippen LogP contribution in [0, 0.1) is 11.8 Å². The van der Waals surface area contributed by atoms with Gasteiger partial charge in [0, 0.05) is 31.1 Å². The summed E-state index contributed by atoms with van der Waals surface area (Å²) in [5.74, 6) is 1.46. The molecule has 190 valence electrons. The maximum atomic E-state index is 13.5. The zero-order valence-corrected chi connectivity index (χ0v) is 21.2. The average molecular weight is 490 g/mol. The van der Waals surface area contributed by atoms with Gasteiger partial charge in [0.25, 0.3) is 0 Å². The molecular weight excluding hydrogens is 454 g/mol. The second kappa shape index (κ2) is 11.3. The van der Waals surface area contributed by atoms with Crippen LogP contribution in [0.3, 0.4) is 0 Å². The first-order valence-electron chi connectivity index (χ1n) is 12.9. The van der Waals surface area contributed by atoms with Crippen molar-refractivity contribution in [3.05, 3.63) is 71.3 Å². The van der Waals surface area contributed by atoms with Crippen molar-refractivity contribution in [3.63, 3.8) is 0 Å². The zero-order chi connectivity index (χ0) is 24.9. The van der Waals surface area contributed by atoms with Crippen LogP contribution in [-0.2, 0) is 22.6 Å². The molecule has 2 unspecified atom stereocenters. The van der Waals surface area contributed by atoms with Gasteiger partial charge >= 0.3 is 0 Å². The Morgan fingerprint density at radius 1 is 0.944 bits per heavy atom. The van der Waals surface area contributed by atoms with Crippen molar-refractivity contribution in [2.45, 2.75) is 32.9 Å². The molecule has 5 rings (SSSR count). The lowest BCUT2D eigenvalue weighted by molar-refractivity contribution is -0.138. The van der Waals surface area contributed by atoms with Crippen molar-refractivity contribution in [1.29, 1.82) is 0 Å². The van der Waals surface area contributed by atoms with Gasteiger partial charge in [0.05, 0.1) is 45.1 Å². The molecule has 1 saturated heterocycles. The van der Waals surface area contributed by atoms with Gasteiger partial charge in [-0.05, 0) is 49.1 Å². The average Bonchev–Trinajstić information content (AvgIpc) is 2.92. The molecule has 2 aromatic carbocycles. The van der Waals surface area contributed by atoms with Crippen molar-refractivity contribution >= 4 is 11.6 Å². The molecule has 2 heterocycles. The summed E-state index contributed by atoms with van der Waals surface area (Å²) < 4.78 is 16.7. The van der Waals surface area contributed by atoms with Gasteiger partial charge in [0.15, 0.2) is 11.5 Å². The van der Waals surface area contributed by atoms with Gasteiger partial charge in [0.2, 0.25) is 5.91 Å². The molecule has 0 spiro atoms. The third kappa shape index (κ3) is 5.32. The first-order chi connectivity index (χ1) is 17.7. The lowest BCUT2D eigenvalue weighted by Gasteiger charge is -2.37. The smallest absolute Gasteiger partial charge is 0.247 e. The van der Waals surface area contributed by atoms with E-state index in [0.717, 1.165) is 62.5 Å². The highest BCUT2D eigenvalue weighted by molar-refractivity contribution is 6.07. The maximum absolute atomic E-state index is 13.5. The first-order valence-corrected chi connectivity index (χ1v) is 12.9. The van der Waals surface area contributed by atoms with Gasteiger partial charge in [-0.2, -0.15) is 5.10 Å². The molecule has 0 saturated carbocycles. The Balaban J connectivity index is 1.39. The number of nitrogens with zero attached hydrogens (tertiary/aromatic N) is 3. The van der Waals surface area contributed by atoms with E-state index >= 15 is 0 Å². The van der Waals surface area contributed by atoms with Crippen LogP contribution >= 0.6 is 0 Å². The quantitative estimate of drug-likeness (QED) is 0.519. The largest absolute Gasteiger partial charge is 0.493 e. The molecule has 0 aromatic heterocycles. The van der Waals surface area contributed by atoms with E-state index in [-0.39, 0.29) is 17.7 Å². The van der Waals surface area contributed by atoms with Crippen LogP contribution in [0.4, 0.5) is 0 Å². The monoisotopic (exact) mass is 489 g/mol. The highest BCUT2D eigenvalue weighted by Gasteiger charge is 2.40. The number of carbonyl (C=O) groups is 1. The molecule has 1 amide bonds. The van der Waals surface area contributed by atoms with E-state index in [1.54, 1.807) is 12.1 Å². The fourth-order valence-corrected chi connectivity index (χ4v) is 5.26. The molecule has 36 heavy (non-hydrogen) atoms. The number of hydrazone groups is 1. The number of fused-ring (bicyclic) bond motifs is 1. The fourth-order valence-electron chi connectivity index (χ4n) is 5.26. The third-order valence-corrected chi connectivity index (χ3v) is 7.21. The van der Waals surface area contributed by atoms with Crippen LogP contribution in [0.1, 0.15) is 36.5 Å². The Morgan fingerprint density at radius 2 is 1.64 bits per heavy atom. The topological polar surface area (TPSA) is 63.6 Å². The Kier molecular flexibility index (Phi) is 7.68. The number of rotatable bonds is 8. The number of benzene rings is 2. The van der Waals surface area contributed by atoms with Gasteiger partial charge in [-0.3, -0.25) is 9.69 Å². The van der Waals surface area contributed by atoms with Gasteiger partial charge in [0.1, 0.15) is 0 Å². The minimum atomic E-state index is -0.0965. The maximum Gasteiger partial charge on any atom is 0.247 e. The van der Waals surface area contributed by atoms with Crippen molar-refractivity contribution in [3.8, 4) is 11.5 Å². The standard InChI is InChI=1S/C29H35N3O4/c1-3-36-27-18-23(12-13-26(27)34-2)28-24-6-4-5-7-25(24)29(33)32(30-28)20-22-10-8-21(9-11-22)19-31-14-16-35-17-15-31/h4-5,8-13,18,24-25H,3,6-7,14-17,19-20H2,1-2H3. The predicted molar refractivity (Wildman–Crippen MR) is 139 cm³/mol. The molecule has 2 aliphatic heterocycles. The van der Waals surface area contributed by atoms with Crippen LogP contribution in [0.15, 0.2) is 59.7 Å². The lowest BCUT2D eigenvalue weighted by Crippen LogP contribution is -2.45. The van der Waals surface area contributed by atoms with E-state index in [0.29, 0.717) is 24.7 Å². The summed E-state index contributed by atoms with van der Waals surface area (Å²) in [5, 5.41) is 6.60.